The summed E-state index contributed by atoms with van der Waals surface area (Å²) >= 11 is 3.56. The average molecular weight is 336 g/mol. The Morgan fingerprint density at radius 1 is 1.00 bits per heavy atom. The summed E-state index contributed by atoms with van der Waals surface area (Å²) < 4.78 is 1.18. The van der Waals surface area contributed by atoms with E-state index in [0.717, 1.165) is 40.1 Å². The van der Waals surface area contributed by atoms with Gasteiger partial charge < -0.3 is 5.32 Å². The second-order valence-corrected chi connectivity index (χ2v) is 7.44. The SMILES string of the molecule is c1nc(Nc2ccc3ncsc3c2)c2c3c(ccc2n1)SCC3. The molecule has 112 valence electrons. The van der Waals surface area contributed by atoms with E-state index in [1.54, 1.807) is 17.7 Å². The molecule has 0 amide bonds. The van der Waals surface area contributed by atoms with Crippen molar-refractivity contribution in [2.45, 2.75) is 11.3 Å². The number of nitrogens with zero attached hydrogens (tertiary/aromatic N) is 3. The van der Waals surface area contributed by atoms with Crippen LogP contribution in [-0.4, -0.2) is 20.7 Å². The highest BCUT2D eigenvalue weighted by Gasteiger charge is 2.18. The fraction of sp³-hybridized carbons (Fsp3) is 0.118. The minimum absolute atomic E-state index is 0.887. The van der Waals surface area contributed by atoms with E-state index in [1.807, 2.05) is 29.4 Å². The van der Waals surface area contributed by atoms with E-state index in [2.05, 4.69) is 38.5 Å². The Hall–Kier alpha value is -2.18. The van der Waals surface area contributed by atoms with Gasteiger partial charge in [0.2, 0.25) is 0 Å². The summed E-state index contributed by atoms with van der Waals surface area (Å²) in [4.78, 5) is 14.6. The summed E-state index contributed by atoms with van der Waals surface area (Å²) in [6, 6.07) is 10.5. The van der Waals surface area contributed by atoms with Gasteiger partial charge in [-0.15, -0.1) is 23.1 Å². The van der Waals surface area contributed by atoms with E-state index in [0.29, 0.717) is 0 Å². The van der Waals surface area contributed by atoms with Gasteiger partial charge in [0.15, 0.2) is 0 Å². The van der Waals surface area contributed by atoms with Crippen LogP contribution in [-0.2, 0) is 6.42 Å². The molecule has 0 radical (unpaired) electrons. The molecule has 0 aliphatic carbocycles. The van der Waals surface area contributed by atoms with Gasteiger partial charge in [0.05, 0.1) is 21.2 Å². The zero-order valence-electron chi connectivity index (χ0n) is 12.1. The third kappa shape index (κ3) is 2.17. The predicted octanol–water partition coefficient (Wildman–Crippen LogP) is 4.63. The van der Waals surface area contributed by atoms with Crippen LogP contribution in [0.15, 0.2) is 47.1 Å². The number of aromatic nitrogens is 3. The van der Waals surface area contributed by atoms with E-state index >= 15 is 0 Å². The second-order valence-electron chi connectivity index (χ2n) is 5.42. The molecule has 1 N–H and O–H groups in total. The number of thiazole rings is 1. The monoisotopic (exact) mass is 336 g/mol. The van der Waals surface area contributed by atoms with Gasteiger partial charge in [-0.3, -0.25) is 0 Å². The number of fused-ring (bicyclic) bond motifs is 4. The molecule has 0 spiro atoms. The number of benzene rings is 2. The molecule has 0 unspecified atom stereocenters. The fourth-order valence-electron chi connectivity index (χ4n) is 3.01. The molecule has 2 aromatic heterocycles. The van der Waals surface area contributed by atoms with Crippen molar-refractivity contribution in [2.24, 2.45) is 0 Å². The van der Waals surface area contributed by atoms with E-state index < -0.39 is 0 Å². The molecule has 23 heavy (non-hydrogen) atoms. The zero-order valence-corrected chi connectivity index (χ0v) is 13.7. The standard InChI is InChI=1S/C17H12N4S2/c1-2-12-15(23-9-20-12)7-10(1)21-17-16-11-5-6-22-14(11)4-3-13(16)18-8-19-17/h1-4,7-9H,5-6H2,(H,18,19,21). The highest BCUT2D eigenvalue weighted by molar-refractivity contribution is 7.99. The van der Waals surface area contributed by atoms with Crippen LogP contribution < -0.4 is 5.32 Å². The highest BCUT2D eigenvalue weighted by atomic mass is 32.2. The first-order valence-electron chi connectivity index (χ1n) is 7.38. The Morgan fingerprint density at radius 2 is 1.96 bits per heavy atom. The molecule has 1 aliphatic rings. The lowest BCUT2D eigenvalue weighted by molar-refractivity contribution is 1.14. The van der Waals surface area contributed by atoms with Gasteiger partial charge in [0.25, 0.3) is 0 Å². The summed E-state index contributed by atoms with van der Waals surface area (Å²) in [5, 5.41) is 4.63. The largest absolute Gasteiger partial charge is 0.340 e. The van der Waals surface area contributed by atoms with Crippen LogP contribution in [0.3, 0.4) is 0 Å². The fourth-order valence-corrected chi connectivity index (χ4v) is 4.80. The van der Waals surface area contributed by atoms with Crippen molar-refractivity contribution in [1.29, 1.82) is 0 Å². The predicted molar refractivity (Wildman–Crippen MR) is 96.9 cm³/mol. The average Bonchev–Trinajstić information content (AvgIpc) is 3.23. The van der Waals surface area contributed by atoms with Gasteiger partial charge in [-0.05, 0) is 42.3 Å². The minimum atomic E-state index is 0.887. The molecule has 2 aromatic carbocycles. The molecular weight excluding hydrogens is 324 g/mol. The summed E-state index contributed by atoms with van der Waals surface area (Å²) in [5.41, 5.74) is 6.31. The number of hydrogen-bond donors (Lipinski definition) is 1. The van der Waals surface area contributed by atoms with Gasteiger partial charge in [-0.1, -0.05) is 0 Å². The minimum Gasteiger partial charge on any atom is -0.340 e. The summed E-state index contributed by atoms with van der Waals surface area (Å²) in [5.74, 6) is 2.02. The second kappa shape index (κ2) is 5.18. The smallest absolute Gasteiger partial charge is 0.142 e. The van der Waals surface area contributed by atoms with Crippen molar-refractivity contribution >= 4 is 55.7 Å². The van der Waals surface area contributed by atoms with Gasteiger partial charge >= 0.3 is 0 Å². The van der Waals surface area contributed by atoms with Gasteiger partial charge in [-0.2, -0.15) is 0 Å². The molecule has 6 heteroatoms. The molecule has 4 nitrogen and oxygen atoms in total. The first kappa shape index (κ1) is 13.3. The molecular formula is C17H12N4S2. The summed E-state index contributed by atoms with van der Waals surface area (Å²) in [6.45, 7) is 0. The highest BCUT2D eigenvalue weighted by Crippen LogP contribution is 2.38. The van der Waals surface area contributed by atoms with E-state index in [9.17, 15) is 0 Å². The summed E-state index contributed by atoms with van der Waals surface area (Å²) in [7, 11) is 0. The van der Waals surface area contributed by atoms with E-state index in [1.165, 1.54) is 15.2 Å². The van der Waals surface area contributed by atoms with Crippen LogP contribution >= 0.6 is 23.1 Å². The molecule has 4 aromatic rings. The lowest BCUT2D eigenvalue weighted by Crippen LogP contribution is -1.98. The quantitative estimate of drug-likeness (QED) is 0.578. The van der Waals surface area contributed by atoms with Gasteiger partial charge in [0, 0.05) is 21.7 Å². The van der Waals surface area contributed by atoms with Gasteiger partial charge in [-0.25, -0.2) is 15.0 Å². The first-order chi connectivity index (χ1) is 11.4. The Labute approximate surface area is 141 Å². The first-order valence-corrected chi connectivity index (χ1v) is 9.25. The zero-order chi connectivity index (χ0) is 15.2. The van der Waals surface area contributed by atoms with Crippen molar-refractivity contribution < 1.29 is 0 Å². The lowest BCUT2D eigenvalue weighted by Gasteiger charge is -2.11. The third-order valence-corrected chi connectivity index (χ3v) is 5.97. The van der Waals surface area contributed by atoms with Gasteiger partial charge in [0.1, 0.15) is 12.1 Å². The molecule has 5 rings (SSSR count). The molecule has 0 fully saturated rings. The molecule has 0 bridgehead atoms. The van der Waals surface area contributed by atoms with Crippen molar-refractivity contribution in [3.8, 4) is 0 Å². The number of aryl methyl sites for hydroxylation is 1. The number of hydrogen-bond acceptors (Lipinski definition) is 6. The molecule has 3 heterocycles. The Bertz CT molecular complexity index is 1040. The summed E-state index contributed by atoms with van der Waals surface area (Å²) in [6.07, 6.45) is 2.71. The van der Waals surface area contributed by atoms with Crippen LogP contribution in [0.25, 0.3) is 21.1 Å². The molecule has 0 saturated carbocycles. The molecule has 0 saturated heterocycles. The Morgan fingerprint density at radius 3 is 2.96 bits per heavy atom. The third-order valence-electron chi connectivity index (χ3n) is 4.07. The van der Waals surface area contributed by atoms with Crippen LogP contribution in [0, 0.1) is 0 Å². The number of thioether (sulfide) groups is 1. The van der Waals surface area contributed by atoms with Crippen LogP contribution in [0.4, 0.5) is 11.5 Å². The maximum atomic E-state index is 4.50. The molecule has 0 atom stereocenters. The van der Waals surface area contributed by atoms with Crippen LogP contribution in [0.1, 0.15) is 5.56 Å². The van der Waals surface area contributed by atoms with Crippen LogP contribution in [0.2, 0.25) is 0 Å². The van der Waals surface area contributed by atoms with Crippen LogP contribution in [0.5, 0.6) is 0 Å². The molecule has 1 aliphatic heterocycles. The number of nitrogens with one attached hydrogen (secondary N) is 1. The normalized spacial score (nSPS) is 13.6. The van der Waals surface area contributed by atoms with Crippen molar-refractivity contribution in [1.82, 2.24) is 15.0 Å². The number of rotatable bonds is 2. The van der Waals surface area contributed by atoms with Crippen molar-refractivity contribution in [2.75, 3.05) is 11.1 Å². The van der Waals surface area contributed by atoms with Crippen molar-refractivity contribution in [3.05, 3.63) is 47.7 Å². The maximum absolute atomic E-state index is 4.50. The van der Waals surface area contributed by atoms with E-state index in [4.69, 9.17) is 0 Å². The maximum Gasteiger partial charge on any atom is 0.142 e. The van der Waals surface area contributed by atoms with E-state index in [-0.39, 0.29) is 0 Å². The Balaban J connectivity index is 1.66. The topological polar surface area (TPSA) is 50.7 Å². The Kier molecular flexibility index (Phi) is 2.99. The number of anilines is 2. The van der Waals surface area contributed by atoms with Crippen molar-refractivity contribution in [3.63, 3.8) is 0 Å². The lowest BCUT2D eigenvalue weighted by atomic mass is 10.1.